The largest absolute Gasteiger partial charge is 0.325 e. The van der Waals surface area contributed by atoms with Crippen molar-refractivity contribution in [3.63, 3.8) is 0 Å². The molecule has 1 amide bonds. The van der Waals surface area contributed by atoms with Crippen molar-refractivity contribution >= 4 is 35.1 Å². The summed E-state index contributed by atoms with van der Waals surface area (Å²) in [5, 5.41) is 4.01. The van der Waals surface area contributed by atoms with Crippen LogP contribution in [0.25, 0.3) is 0 Å². The lowest BCUT2D eigenvalue weighted by molar-refractivity contribution is -0.113. The first-order chi connectivity index (χ1) is 13.0. The summed E-state index contributed by atoms with van der Waals surface area (Å²) in [6.45, 7) is 4.04. The van der Waals surface area contributed by atoms with E-state index in [1.54, 1.807) is 11.8 Å². The molecule has 144 valence electrons. The lowest BCUT2D eigenvalue weighted by Gasteiger charge is -2.30. The van der Waals surface area contributed by atoms with Gasteiger partial charge in [0.05, 0.1) is 5.75 Å². The molecule has 2 aromatic carbocycles. The summed E-state index contributed by atoms with van der Waals surface area (Å²) in [7, 11) is 0. The van der Waals surface area contributed by atoms with Gasteiger partial charge >= 0.3 is 0 Å². The fraction of sp³-hybridized carbons (Fsp3) is 0.409. The molecular weight excluding hydrogens is 377 g/mol. The Balaban J connectivity index is 1.56. The molecule has 0 saturated heterocycles. The number of anilines is 1. The number of hydrogen-bond acceptors (Lipinski definition) is 3. The van der Waals surface area contributed by atoms with Gasteiger partial charge in [0.15, 0.2) is 0 Å². The van der Waals surface area contributed by atoms with Gasteiger partial charge in [-0.3, -0.25) is 4.79 Å². The van der Waals surface area contributed by atoms with Crippen molar-refractivity contribution in [3.8, 4) is 0 Å². The van der Waals surface area contributed by atoms with Crippen molar-refractivity contribution < 1.29 is 9.18 Å². The molecule has 0 bridgehead atoms. The van der Waals surface area contributed by atoms with Crippen molar-refractivity contribution in [2.45, 2.75) is 54.9 Å². The fourth-order valence-corrected chi connectivity index (χ4v) is 6.19. The summed E-state index contributed by atoms with van der Waals surface area (Å²) in [6, 6.07) is 12.8. The number of aryl methyl sites for hydroxylation is 2. The molecule has 1 N–H and O–H groups in total. The van der Waals surface area contributed by atoms with Crippen LogP contribution in [0.2, 0.25) is 0 Å². The zero-order valence-corrected chi connectivity index (χ0v) is 17.5. The van der Waals surface area contributed by atoms with Gasteiger partial charge in [-0.25, -0.2) is 4.39 Å². The molecule has 2 atom stereocenters. The summed E-state index contributed by atoms with van der Waals surface area (Å²) < 4.78 is 13.1. The van der Waals surface area contributed by atoms with E-state index in [4.69, 9.17) is 0 Å². The SMILES string of the molecule is Cc1cccc(C)c1NC(=O)CS[C@@H]1CCCC[C@H]1Sc1ccc(F)cc1. The first-order valence-electron chi connectivity index (χ1n) is 9.43. The van der Waals surface area contributed by atoms with Crippen LogP contribution in [-0.2, 0) is 4.79 Å². The fourth-order valence-electron chi connectivity index (χ4n) is 3.45. The minimum absolute atomic E-state index is 0.0634. The summed E-state index contributed by atoms with van der Waals surface area (Å²) in [6.07, 6.45) is 4.74. The number of thioether (sulfide) groups is 2. The first-order valence-corrected chi connectivity index (χ1v) is 11.4. The third-order valence-electron chi connectivity index (χ3n) is 4.92. The minimum Gasteiger partial charge on any atom is -0.325 e. The lowest BCUT2D eigenvalue weighted by atomic mass is 10.00. The van der Waals surface area contributed by atoms with Gasteiger partial charge in [0.25, 0.3) is 0 Å². The Morgan fingerprint density at radius 2 is 1.67 bits per heavy atom. The van der Waals surface area contributed by atoms with Crippen LogP contribution in [0.4, 0.5) is 10.1 Å². The van der Waals surface area contributed by atoms with Crippen LogP contribution in [0.1, 0.15) is 36.8 Å². The van der Waals surface area contributed by atoms with E-state index < -0.39 is 0 Å². The predicted octanol–water partition coefficient (Wildman–Crippen LogP) is 6.22. The predicted molar refractivity (Wildman–Crippen MR) is 115 cm³/mol. The highest BCUT2D eigenvalue weighted by Crippen LogP contribution is 2.39. The van der Waals surface area contributed by atoms with Gasteiger partial charge in [-0.1, -0.05) is 31.0 Å². The van der Waals surface area contributed by atoms with Gasteiger partial charge in [-0.2, -0.15) is 0 Å². The lowest BCUT2D eigenvalue weighted by Crippen LogP contribution is -2.27. The smallest absolute Gasteiger partial charge is 0.234 e. The quantitative estimate of drug-likeness (QED) is 0.621. The number of nitrogens with one attached hydrogen (secondary N) is 1. The molecule has 1 saturated carbocycles. The van der Waals surface area contributed by atoms with Gasteiger partial charge in [-0.15, -0.1) is 23.5 Å². The van der Waals surface area contributed by atoms with E-state index in [0.717, 1.165) is 34.6 Å². The number of para-hydroxylation sites is 1. The highest BCUT2D eigenvalue weighted by Gasteiger charge is 2.27. The molecule has 2 nitrogen and oxygen atoms in total. The second-order valence-electron chi connectivity index (χ2n) is 7.06. The van der Waals surface area contributed by atoms with E-state index in [-0.39, 0.29) is 11.7 Å². The zero-order valence-electron chi connectivity index (χ0n) is 15.8. The van der Waals surface area contributed by atoms with Gasteiger partial charge in [-0.05, 0) is 62.1 Å². The highest BCUT2D eigenvalue weighted by atomic mass is 32.2. The Labute approximate surface area is 169 Å². The monoisotopic (exact) mass is 403 g/mol. The highest BCUT2D eigenvalue weighted by molar-refractivity contribution is 8.04. The molecule has 1 aliphatic carbocycles. The van der Waals surface area contributed by atoms with Crippen LogP contribution >= 0.6 is 23.5 Å². The second-order valence-corrected chi connectivity index (χ2v) is 9.60. The van der Waals surface area contributed by atoms with Crippen LogP contribution in [-0.4, -0.2) is 22.2 Å². The topological polar surface area (TPSA) is 29.1 Å². The van der Waals surface area contributed by atoms with E-state index in [2.05, 4.69) is 5.32 Å². The molecular formula is C22H26FNOS2. The Morgan fingerprint density at radius 1 is 1.04 bits per heavy atom. The second kappa shape index (κ2) is 9.65. The molecule has 5 heteroatoms. The van der Waals surface area contributed by atoms with E-state index in [1.165, 1.54) is 25.0 Å². The normalized spacial score (nSPS) is 19.7. The average molecular weight is 404 g/mol. The molecule has 1 aliphatic rings. The Morgan fingerprint density at radius 3 is 2.33 bits per heavy atom. The number of hydrogen-bond donors (Lipinski definition) is 1. The summed E-state index contributed by atoms with van der Waals surface area (Å²) in [5.74, 6) is 0.337. The number of rotatable bonds is 6. The summed E-state index contributed by atoms with van der Waals surface area (Å²) >= 11 is 3.58. The summed E-state index contributed by atoms with van der Waals surface area (Å²) in [4.78, 5) is 13.6. The maximum atomic E-state index is 13.1. The van der Waals surface area contributed by atoms with Gasteiger partial charge in [0.1, 0.15) is 5.82 Å². The number of carbonyl (C=O) groups excluding carboxylic acids is 1. The number of halogens is 1. The van der Waals surface area contributed by atoms with Crippen LogP contribution < -0.4 is 5.32 Å². The molecule has 0 aliphatic heterocycles. The van der Waals surface area contributed by atoms with Gasteiger partial charge in [0, 0.05) is 21.1 Å². The average Bonchev–Trinajstić information content (AvgIpc) is 2.66. The number of carbonyl (C=O) groups is 1. The van der Waals surface area contributed by atoms with Crippen LogP contribution in [0, 0.1) is 19.7 Å². The standard InChI is InChI=1S/C22H26FNOS2/c1-15-6-5-7-16(2)22(15)24-21(25)14-26-19-8-3-4-9-20(19)27-18-12-10-17(23)11-13-18/h5-7,10-13,19-20H,3-4,8-9,14H2,1-2H3,(H,24,25)/t19-,20-/m1/s1. The first kappa shape index (κ1) is 20.3. The van der Waals surface area contributed by atoms with Crippen molar-refractivity contribution in [2.75, 3.05) is 11.1 Å². The Kier molecular flexibility index (Phi) is 7.25. The van der Waals surface area contributed by atoms with Crippen molar-refractivity contribution in [1.29, 1.82) is 0 Å². The summed E-state index contributed by atoms with van der Waals surface area (Å²) in [5.41, 5.74) is 3.12. The van der Waals surface area contributed by atoms with Crippen LogP contribution in [0.15, 0.2) is 47.4 Å². The van der Waals surface area contributed by atoms with E-state index in [0.29, 0.717) is 16.3 Å². The van der Waals surface area contributed by atoms with Crippen molar-refractivity contribution in [1.82, 2.24) is 0 Å². The van der Waals surface area contributed by atoms with Crippen LogP contribution in [0.3, 0.4) is 0 Å². The molecule has 0 spiro atoms. The van der Waals surface area contributed by atoms with Crippen molar-refractivity contribution in [3.05, 3.63) is 59.4 Å². The molecule has 0 unspecified atom stereocenters. The van der Waals surface area contributed by atoms with Crippen molar-refractivity contribution in [2.24, 2.45) is 0 Å². The van der Waals surface area contributed by atoms with E-state index in [9.17, 15) is 9.18 Å². The molecule has 0 heterocycles. The molecule has 0 aromatic heterocycles. The Bertz CT molecular complexity index is 758. The maximum absolute atomic E-state index is 13.1. The third-order valence-corrected chi connectivity index (χ3v) is 7.92. The molecule has 0 radical (unpaired) electrons. The molecule has 27 heavy (non-hydrogen) atoms. The third kappa shape index (κ3) is 5.76. The van der Waals surface area contributed by atoms with E-state index >= 15 is 0 Å². The molecule has 3 rings (SSSR count). The van der Waals surface area contributed by atoms with E-state index in [1.807, 2.05) is 55.9 Å². The minimum atomic E-state index is -0.197. The zero-order chi connectivity index (χ0) is 19.2. The maximum Gasteiger partial charge on any atom is 0.234 e. The number of benzene rings is 2. The van der Waals surface area contributed by atoms with Crippen LogP contribution in [0.5, 0.6) is 0 Å². The molecule has 2 aromatic rings. The molecule has 1 fully saturated rings. The van der Waals surface area contributed by atoms with Gasteiger partial charge in [0.2, 0.25) is 5.91 Å². The Hall–Kier alpha value is -1.46. The van der Waals surface area contributed by atoms with Gasteiger partial charge < -0.3 is 5.32 Å². The number of amides is 1.